The number of aromatic nitrogens is 1. The molecule has 0 bridgehead atoms. The van der Waals surface area contributed by atoms with Crippen LogP contribution in [0.1, 0.15) is 12.8 Å². The minimum atomic E-state index is 0.182. The van der Waals surface area contributed by atoms with Gasteiger partial charge in [-0.2, -0.15) is 0 Å². The number of aromatic hydroxyl groups is 1. The molecule has 1 aromatic carbocycles. The third-order valence-corrected chi connectivity index (χ3v) is 4.16. The minimum Gasteiger partial charge on any atom is -0.507 e. The summed E-state index contributed by atoms with van der Waals surface area (Å²) in [6.45, 7) is 2.82. The quantitative estimate of drug-likeness (QED) is 0.906. The second-order valence-electron chi connectivity index (χ2n) is 5.58. The average Bonchev–Trinajstić information content (AvgIpc) is 2.56. The number of halogens is 1. The van der Waals surface area contributed by atoms with E-state index in [0.717, 1.165) is 37.2 Å². The Bertz CT molecular complexity index is 642. The molecule has 0 atom stereocenters. The highest BCUT2D eigenvalue weighted by atomic mass is 35.5. The van der Waals surface area contributed by atoms with Crippen molar-refractivity contribution in [2.24, 2.45) is 5.92 Å². The standard InChI is InChI=1S/C17H19ClN2O2/c18-14-1-2-17(21)16(8-14)13-7-15(10-20-9-13)22-11-12-3-5-19-6-4-12/h1-2,7-10,12,19,21H,3-6,11H2. The lowest BCUT2D eigenvalue weighted by molar-refractivity contribution is 0.214. The molecule has 5 heteroatoms. The Labute approximate surface area is 135 Å². The second-order valence-corrected chi connectivity index (χ2v) is 6.01. The number of pyridine rings is 1. The first kappa shape index (κ1) is 15.1. The van der Waals surface area contributed by atoms with E-state index in [1.54, 1.807) is 30.6 Å². The van der Waals surface area contributed by atoms with Crippen LogP contribution in [0.5, 0.6) is 11.5 Å². The number of hydrogen-bond donors (Lipinski definition) is 2. The molecule has 0 saturated carbocycles. The van der Waals surface area contributed by atoms with Crippen LogP contribution in [0.4, 0.5) is 0 Å². The third kappa shape index (κ3) is 3.70. The first-order valence-electron chi connectivity index (χ1n) is 7.50. The zero-order valence-corrected chi connectivity index (χ0v) is 13.0. The lowest BCUT2D eigenvalue weighted by Crippen LogP contribution is -2.30. The maximum atomic E-state index is 9.98. The summed E-state index contributed by atoms with van der Waals surface area (Å²) in [5, 5.41) is 13.9. The fraction of sp³-hybridized carbons (Fsp3) is 0.353. The summed E-state index contributed by atoms with van der Waals surface area (Å²) in [7, 11) is 0. The van der Waals surface area contributed by atoms with Gasteiger partial charge in [-0.3, -0.25) is 4.98 Å². The number of phenols is 1. The monoisotopic (exact) mass is 318 g/mol. The van der Waals surface area contributed by atoms with Crippen LogP contribution in [0, 0.1) is 5.92 Å². The smallest absolute Gasteiger partial charge is 0.138 e. The van der Waals surface area contributed by atoms with E-state index in [1.807, 2.05) is 6.07 Å². The topological polar surface area (TPSA) is 54.4 Å². The van der Waals surface area contributed by atoms with Gasteiger partial charge in [-0.05, 0) is 56.1 Å². The molecule has 4 nitrogen and oxygen atoms in total. The molecule has 22 heavy (non-hydrogen) atoms. The molecule has 0 amide bonds. The van der Waals surface area contributed by atoms with E-state index in [0.29, 0.717) is 23.1 Å². The van der Waals surface area contributed by atoms with E-state index in [2.05, 4.69) is 10.3 Å². The molecule has 0 unspecified atom stereocenters. The number of nitrogens with zero attached hydrogens (tertiary/aromatic N) is 1. The number of benzene rings is 1. The van der Waals surface area contributed by atoms with Crippen molar-refractivity contribution in [1.82, 2.24) is 10.3 Å². The summed E-state index contributed by atoms with van der Waals surface area (Å²) in [4.78, 5) is 4.20. The molecule has 0 radical (unpaired) electrons. The number of hydrogen-bond acceptors (Lipinski definition) is 4. The molecule has 1 saturated heterocycles. The van der Waals surface area contributed by atoms with Crippen molar-refractivity contribution in [2.75, 3.05) is 19.7 Å². The largest absolute Gasteiger partial charge is 0.507 e. The van der Waals surface area contributed by atoms with Crippen LogP contribution in [0.15, 0.2) is 36.7 Å². The Morgan fingerprint density at radius 2 is 2.05 bits per heavy atom. The average molecular weight is 319 g/mol. The zero-order valence-electron chi connectivity index (χ0n) is 12.3. The fourth-order valence-corrected chi connectivity index (χ4v) is 2.82. The molecule has 2 aromatic rings. The summed E-state index contributed by atoms with van der Waals surface area (Å²) in [6.07, 6.45) is 5.68. The van der Waals surface area contributed by atoms with Crippen molar-refractivity contribution in [3.05, 3.63) is 41.7 Å². The Morgan fingerprint density at radius 3 is 2.86 bits per heavy atom. The van der Waals surface area contributed by atoms with Gasteiger partial charge in [-0.25, -0.2) is 0 Å². The summed E-state index contributed by atoms with van der Waals surface area (Å²) < 4.78 is 5.87. The van der Waals surface area contributed by atoms with E-state index in [1.165, 1.54) is 0 Å². The van der Waals surface area contributed by atoms with Crippen LogP contribution in [-0.4, -0.2) is 29.8 Å². The van der Waals surface area contributed by atoms with E-state index in [4.69, 9.17) is 16.3 Å². The summed E-state index contributed by atoms with van der Waals surface area (Å²) in [6, 6.07) is 6.86. The first-order valence-corrected chi connectivity index (χ1v) is 7.87. The normalized spacial score (nSPS) is 15.7. The Hall–Kier alpha value is -1.78. The number of nitrogens with one attached hydrogen (secondary N) is 1. The van der Waals surface area contributed by atoms with Gasteiger partial charge in [0.2, 0.25) is 0 Å². The molecule has 2 heterocycles. The molecular weight excluding hydrogens is 300 g/mol. The van der Waals surface area contributed by atoms with Gasteiger partial charge in [0.15, 0.2) is 0 Å². The molecule has 2 N–H and O–H groups in total. The number of ether oxygens (including phenoxy) is 1. The van der Waals surface area contributed by atoms with Crippen molar-refractivity contribution in [2.45, 2.75) is 12.8 Å². The Kier molecular flexibility index (Phi) is 4.80. The Balaban J connectivity index is 1.73. The molecule has 1 aliphatic heterocycles. The van der Waals surface area contributed by atoms with Crippen LogP contribution < -0.4 is 10.1 Å². The SMILES string of the molecule is Oc1ccc(Cl)cc1-c1cncc(OCC2CCNCC2)c1. The van der Waals surface area contributed by atoms with Gasteiger partial charge in [-0.1, -0.05) is 11.6 Å². The first-order chi connectivity index (χ1) is 10.7. The van der Waals surface area contributed by atoms with E-state index in [9.17, 15) is 5.11 Å². The molecule has 1 aromatic heterocycles. The molecule has 0 aliphatic carbocycles. The summed E-state index contributed by atoms with van der Waals surface area (Å²) in [5.41, 5.74) is 1.45. The van der Waals surface area contributed by atoms with Crippen molar-refractivity contribution in [3.8, 4) is 22.6 Å². The molecule has 1 fully saturated rings. The number of piperidine rings is 1. The molecule has 116 valence electrons. The van der Waals surface area contributed by atoms with Gasteiger partial charge < -0.3 is 15.2 Å². The Morgan fingerprint density at radius 1 is 1.23 bits per heavy atom. The third-order valence-electron chi connectivity index (χ3n) is 3.93. The van der Waals surface area contributed by atoms with Crippen molar-refractivity contribution in [3.63, 3.8) is 0 Å². The van der Waals surface area contributed by atoms with E-state index in [-0.39, 0.29) is 5.75 Å². The summed E-state index contributed by atoms with van der Waals surface area (Å²) >= 11 is 6.00. The van der Waals surface area contributed by atoms with Crippen LogP contribution in [-0.2, 0) is 0 Å². The minimum absolute atomic E-state index is 0.182. The maximum Gasteiger partial charge on any atom is 0.138 e. The number of rotatable bonds is 4. The highest BCUT2D eigenvalue weighted by Gasteiger charge is 2.14. The highest BCUT2D eigenvalue weighted by molar-refractivity contribution is 6.31. The van der Waals surface area contributed by atoms with E-state index < -0.39 is 0 Å². The zero-order chi connectivity index (χ0) is 15.4. The maximum absolute atomic E-state index is 9.98. The van der Waals surface area contributed by atoms with Gasteiger partial charge >= 0.3 is 0 Å². The van der Waals surface area contributed by atoms with Crippen LogP contribution in [0.25, 0.3) is 11.1 Å². The molecular formula is C17H19ClN2O2. The fourth-order valence-electron chi connectivity index (χ4n) is 2.65. The van der Waals surface area contributed by atoms with Crippen LogP contribution >= 0.6 is 11.6 Å². The highest BCUT2D eigenvalue weighted by Crippen LogP contribution is 2.32. The van der Waals surface area contributed by atoms with E-state index >= 15 is 0 Å². The van der Waals surface area contributed by atoms with Crippen molar-refractivity contribution >= 4 is 11.6 Å². The van der Waals surface area contributed by atoms with Gasteiger partial charge in [0.25, 0.3) is 0 Å². The van der Waals surface area contributed by atoms with Crippen molar-refractivity contribution in [1.29, 1.82) is 0 Å². The predicted octanol–water partition coefficient (Wildman–Crippen LogP) is 3.49. The molecule has 0 spiro atoms. The van der Waals surface area contributed by atoms with Gasteiger partial charge in [0, 0.05) is 22.3 Å². The van der Waals surface area contributed by atoms with Gasteiger partial charge in [0.1, 0.15) is 11.5 Å². The lowest BCUT2D eigenvalue weighted by atomic mass is 9.99. The van der Waals surface area contributed by atoms with Crippen molar-refractivity contribution < 1.29 is 9.84 Å². The van der Waals surface area contributed by atoms with Gasteiger partial charge in [0.05, 0.1) is 12.8 Å². The van der Waals surface area contributed by atoms with Crippen LogP contribution in [0.3, 0.4) is 0 Å². The molecule has 1 aliphatic rings. The van der Waals surface area contributed by atoms with Crippen LogP contribution in [0.2, 0.25) is 5.02 Å². The summed E-state index contributed by atoms with van der Waals surface area (Å²) in [5.74, 6) is 1.49. The molecule has 3 rings (SSSR count). The second kappa shape index (κ2) is 6.99. The predicted molar refractivity (Wildman–Crippen MR) is 87.4 cm³/mol. The lowest BCUT2D eigenvalue weighted by Gasteiger charge is -2.22. The van der Waals surface area contributed by atoms with Gasteiger partial charge in [-0.15, -0.1) is 0 Å². The number of phenolic OH excluding ortho intramolecular Hbond substituents is 1.